The third-order valence-electron chi connectivity index (χ3n) is 13.1. The molecule has 1 atom stereocenters. The molecule has 1 aliphatic carbocycles. The van der Waals surface area contributed by atoms with Gasteiger partial charge in [-0.15, -0.1) is 0 Å². The van der Waals surface area contributed by atoms with Gasteiger partial charge in [0.1, 0.15) is 11.5 Å². The molecule has 0 radical (unpaired) electrons. The second-order valence-corrected chi connectivity index (χ2v) is 16.4. The average molecular weight is 804 g/mol. The summed E-state index contributed by atoms with van der Waals surface area (Å²) in [7, 11) is 0. The van der Waals surface area contributed by atoms with Crippen LogP contribution in [0.3, 0.4) is 0 Å². The number of anilines is 3. The minimum Gasteiger partial charge on any atom is -0.456 e. The maximum Gasteiger partial charge on any atom is 0.140 e. The number of fused-ring (bicyclic) bond motifs is 12. The minimum atomic E-state index is -0.591. The maximum absolute atomic E-state index is 7.03. The predicted molar refractivity (Wildman–Crippen MR) is 264 cm³/mol. The van der Waals surface area contributed by atoms with E-state index in [4.69, 9.17) is 4.74 Å². The topological polar surface area (TPSA) is 12.5 Å². The summed E-state index contributed by atoms with van der Waals surface area (Å²) in [5.74, 6) is 1.78. The molecule has 1 heterocycles. The molecular formula is C61H41NO. The van der Waals surface area contributed by atoms with Crippen molar-refractivity contribution in [3.05, 3.63) is 265 Å². The van der Waals surface area contributed by atoms with Crippen LogP contribution in [0.2, 0.25) is 0 Å². The number of ether oxygens (including phenoxy) is 1. The fraction of sp³-hybridized carbons (Fsp3) is 0.0164. The molecule has 2 aliphatic rings. The fourth-order valence-electron chi connectivity index (χ4n) is 10.4. The molecule has 1 unspecified atom stereocenters. The first-order valence-electron chi connectivity index (χ1n) is 21.6. The minimum absolute atomic E-state index is 0.591. The van der Waals surface area contributed by atoms with Crippen LogP contribution in [0.4, 0.5) is 17.1 Å². The highest BCUT2D eigenvalue weighted by Crippen LogP contribution is 2.63. The van der Waals surface area contributed by atoms with E-state index in [1.165, 1.54) is 55.3 Å². The van der Waals surface area contributed by atoms with Crippen molar-refractivity contribution in [2.75, 3.05) is 4.90 Å². The van der Waals surface area contributed by atoms with Gasteiger partial charge in [-0.25, -0.2) is 0 Å². The Morgan fingerprint density at radius 3 is 1.94 bits per heavy atom. The highest BCUT2D eigenvalue weighted by atomic mass is 16.5. The summed E-state index contributed by atoms with van der Waals surface area (Å²) in [4.78, 5) is 2.42. The molecular weight excluding hydrogens is 763 g/mol. The molecule has 0 aromatic heterocycles. The predicted octanol–water partition coefficient (Wildman–Crippen LogP) is 16.5. The number of allylic oxidation sites excluding steroid dienone is 2. The van der Waals surface area contributed by atoms with Gasteiger partial charge < -0.3 is 9.64 Å². The summed E-state index contributed by atoms with van der Waals surface area (Å²) in [6.07, 6.45) is 5.87. The molecule has 0 N–H and O–H groups in total. The van der Waals surface area contributed by atoms with Crippen LogP contribution in [0, 0.1) is 0 Å². The first kappa shape index (κ1) is 36.6. The summed E-state index contributed by atoms with van der Waals surface area (Å²) in [6.45, 7) is 3.91. The van der Waals surface area contributed by atoms with E-state index < -0.39 is 5.41 Å². The van der Waals surface area contributed by atoms with E-state index in [9.17, 15) is 0 Å². The number of hydrogen-bond donors (Lipinski definition) is 0. The van der Waals surface area contributed by atoms with Crippen molar-refractivity contribution >= 4 is 44.7 Å². The smallest absolute Gasteiger partial charge is 0.140 e. The van der Waals surface area contributed by atoms with Crippen molar-refractivity contribution < 1.29 is 4.74 Å². The Kier molecular flexibility index (Phi) is 8.58. The summed E-state index contributed by atoms with van der Waals surface area (Å²) in [5.41, 5.74) is 15.9. The van der Waals surface area contributed by atoms with Crippen molar-refractivity contribution in [3.8, 4) is 44.9 Å². The Balaban J connectivity index is 1.07. The first-order valence-corrected chi connectivity index (χ1v) is 21.6. The Morgan fingerprint density at radius 1 is 0.429 bits per heavy atom. The number of nitrogens with zero attached hydrogens (tertiary/aromatic N) is 1. The Bertz CT molecular complexity index is 3460. The molecule has 63 heavy (non-hydrogen) atoms. The molecule has 0 saturated carbocycles. The number of benzene rings is 10. The highest BCUT2D eigenvalue weighted by Gasteiger charge is 2.51. The molecule has 0 fully saturated rings. The molecule has 10 aromatic rings. The van der Waals surface area contributed by atoms with Gasteiger partial charge in [0, 0.05) is 33.2 Å². The Morgan fingerprint density at radius 2 is 1.10 bits per heavy atom. The number of rotatable bonds is 7. The molecule has 0 amide bonds. The third kappa shape index (κ3) is 5.65. The molecule has 0 bridgehead atoms. The standard InChI is InChI=1S/C61H41NO/c1-2-3-18-41-31-35-55-59(39-41)63-60-48-25-11-10-21-43(48)32-37-56(60)61(55)53-29-16-14-27-50(53)52-40-44(33-36-54(52)61)46-34-38-58(51-28-13-12-26-49(46)51)62(45-22-8-5-9-23-45)57-30-17-15-24-47(57)42-19-6-4-7-20-42/h2-40H,1H2/b18-3-. The van der Waals surface area contributed by atoms with Crippen LogP contribution < -0.4 is 9.64 Å². The lowest BCUT2D eigenvalue weighted by Gasteiger charge is -2.40. The van der Waals surface area contributed by atoms with E-state index in [0.29, 0.717) is 0 Å². The van der Waals surface area contributed by atoms with Gasteiger partial charge in [-0.1, -0.05) is 207 Å². The van der Waals surface area contributed by atoms with Crippen molar-refractivity contribution in [1.29, 1.82) is 0 Å². The van der Waals surface area contributed by atoms with E-state index >= 15 is 0 Å². The summed E-state index contributed by atoms with van der Waals surface area (Å²) in [6, 6.07) is 79.6. The SMILES string of the molecule is C=C/C=C\c1ccc2c(c1)Oc1c(ccc3ccccc13)C21c2ccccc2-c2cc(-c3ccc(N(c4ccccc4)c4ccccc4-c4ccccc4)c4ccccc34)ccc21. The molecule has 0 saturated heterocycles. The van der Waals surface area contributed by atoms with Crippen molar-refractivity contribution in [1.82, 2.24) is 0 Å². The Labute approximate surface area is 368 Å². The van der Waals surface area contributed by atoms with Crippen LogP contribution in [0.1, 0.15) is 27.8 Å². The maximum atomic E-state index is 7.03. The van der Waals surface area contributed by atoms with E-state index in [2.05, 4.69) is 236 Å². The van der Waals surface area contributed by atoms with Crippen LogP contribution in [0.5, 0.6) is 11.5 Å². The Hall–Kier alpha value is -8.20. The van der Waals surface area contributed by atoms with Crippen LogP contribution >= 0.6 is 0 Å². The number of para-hydroxylation sites is 2. The monoisotopic (exact) mass is 803 g/mol. The lowest BCUT2D eigenvalue weighted by molar-refractivity contribution is 0.441. The van der Waals surface area contributed by atoms with E-state index in [-0.39, 0.29) is 0 Å². The normalized spacial score (nSPS) is 14.5. The van der Waals surface area contributed by atoms with Crippen molar-refractivity contribution in [2.24, 2.45) is 0 Å². The first-order chi connectivity index (χ1) is 31.2. The van der Waals surface area contributed by atoms with Crippen LogP contribution in [-0.2, 0) is 5.41 Å². The van der Waals surface area contributed by atoms with Gasteiger partial charge >= 0.3 is 0 Å². The summed E-state index contributed by atoms with van der Waals surface area (Å²) < 4.78 is 7.03. The molecule has 10 aromatic carbocycles. The van der Waals surface area contributed by atoms with Gasteiger partial charge in [0.15, 0.2) is 0 Å². The molecule has 2 nitrogen and oxygen atoms in total. The van der Waals surface area contributed by atoms with Crippen molar-refractivity contribution in [3.63, 3.8) is 0 Å². The zero-order valence-electron chi connectivity index (χ0n) is 34.6. The van der Waals surface area contributed by atoms with Crippen molar-refractivity contribution in [2.45, 2.75) is 5.41 Å². The van der Waals surface area contributed by atoms with Gasteiger partial charge in [-0.05, 0) is 91.7 Å². The van der Waals surface area contributed by atoms with E-state index in [0.717, 1.165) is 56.0 Å². The van der Waals surface area contributed by atoms with Crippen LogP contribution in [0.15, 0.2) is 237 Å². The average Bonchev–Trinajstić information content (AvgIpc) is 3.63. The largest absolute Gasteiger partial charge is 0.456 e. The van der Waals surface area contributed by atoms with Gasteiger partial charge in [-0.3, -0.25) is 0 Å². The lowest BCUT2D eigenvalue weighted by atomic mass is 9.65. The van der Waals surface area contributed by atoms with Gasteiger partial charge in [0.25, 0.3) is 0 Å². The van der Waals surface area contributed by atoms with E-state index in [1.807, 2.05) is 12.2 Å². The van der Waals surface area contributed by atoms with Gasteiger partial charge in [0.05, 0.1) is 16.8 Å². The molecule has 1 spiro atoms. The zero-order chi connectivity index (χ0) is 41.9. The highest BCUT2D eigenvalue weighted by molar-refractivity contribution is 6.08. The summed E-state index contributed by atoms with van der Waals surface area (Å²) >= 11 is 0. The van der Waals surface area contributed by atoms with Crippen LogP contribution in [0.25, 0.3) is 61.0 Å². The fourth-order valence-corrected chi connectivity index (χ4v) is 10.4. The van der Waals surface area contributed by atoms with Gasteiger partial charge in [-0.2, -0.15) is 0 Å². The molecule has 296 valence electrons. The molecule has 1 aliphatic heterocycles. The second-order valence-electron chi connectivity index (χ2n) is 16.4. The second kappa shape index (κ2) is 14.8. The quantitative estimate of drug-likeness (QED) is 0.149. The van der Waals surface area contributed by atoms with E-state index in [1.54, 1.807) is 0 Å². The van der Waals surface area contributed by atoms with Gasteiger partial charge in [0.2, 0.25) is 0 Å². The van der Waals surface area contributed by atoms with Crippen LogP contribution in [-0.4, -0.2) is 0 Å². The summed E-state index contributed by atoms with van der Waals surface area (Å²) in [5, 5.41) is 4.64. The zero-order valence-corrected chi connectivity index (χ0v) is 34.6. The molecule has 12 rings (SSSR count). The third-order valence-corrected chi connectivity index (χ3v) is 13.1. The number of hydrogen-bond acceptors (Lipinski definition) is 2. The molecule has 2 heteroatoms. The lowest BCUT2D eigenvalue weighted by Crippen LogP contribution is -2.32.